The van der Waals surface area contributed by atoms with E-state index in [1.165, 1.54) is 0 Å². The van der Waals surface area contributed by atoms with Crippen LogP contribution in [0.4, 0.5) is 0 Å². The zero-order valence-electron chi connectivity index (χ0n) is 12.9. The molecule has 0 saturated heterocycles. The molecule has 24 heavy (non-hydrogen) atoms. The molecule has 2 heterocycles. The summed E-state index contributed by atoms with van der Waals surface area (Å²) in [6.07, 6.45) is 5.50. The highest BCUT2D eigenvalue weighted by molar-refractivity contribution is 7.51. The number of hydrogen-bond acceptors (Lipinski definition) is 3. The van der Waals surface area contributed by atoms with Crippen LogP contribution in [0.5, 0.6) is 0 Å². The Bertz CT molecular complexity index is 861. The molecule has 0 amide bonds. The van der Waals surface area contributed by atoms with Gasteiger partial charge < -0.3 is 9.79 Å². The van der Waals surface area contributed by atoms with Crippen molar-refractivity contribution in [1.82, 2.24) is 9.97 Å². The zero-order valence-corrected chi connectivity index (χ0v) is 13.8. The van der Waals surface area contributed by atoms with E-state index in [1.807, 2.05) is 48.5 Å². The van der Waals surface area contributed by atoms with Crippen LogP contribution in [0.2, 0.25) is 0 Å². The van der Waals surface area contributed by atoms with Crippen LogP contribution < -0.4 is 0 Å². The van der Waals surface area contributed by atoms with Gasteiger partial charge in [0.2, 0.25) is 0 Å². The molecule has 0 saturated carbocycles. The molecule has 2 N–H and O–H groups in total. The quantitative estimate of drug-likeness (QED) is 0.694. The van der Waals surface area contributed by atoms with Gasteiger partial charge in [0.05, 0.1) is 11.9 Å². The molecule has 6 heteroatoms. The van der Waals surface area contributed by atoms with Gasteiger partial charge in [-0.2, -0.15) is 0 Å². The zero-order chi connectivity index (χ0) is 17.0. The second kappa shape index (κ2) is 7.05. The number of nitrogens with zero attached hydrogens (tertiary/aromatic N) is 2. The monoisotopic (exact) mass is 340 g/mol. The highest BCUT2D eigenvalue weighted by Crippen LogP contribution is 2.35. The van der Waals surface area contributed by atoms with Crippen molar-refractivity contribution in [2.24, 2.45) is 0 Å². The largest absolute Gasteiger partial charge is 0.325 e. The van der Waals surface area contributed by atoms with E-state index in [0.29, 0.717) is 6.42 Å². The Hall–Kier alpha value is -2.33. The SMILES string of the molecule is O=P(O)(O)CCc1ccc(-c2cc(-c3ccncc3)ccn2)cc1. The predicted octanol–water partition coefficient (Wildman–Crippen LogP) is 3.53. The molecule has 2 aromatic heterocycles. The lowest BCUT2D eigenvalue weighted by atomic mass is 10.0. The number of hydrogen-bond donors (Lipinski definition) is 2. The number of pyridine rings is 2. The lowest BCUT2D eigenvalue weighted by Gasteiger charge is -2.07. The van der Waals surface area contributed by atoms with Gasteiger partial charge in [0, 0.05) is 24.2 Å². The average Bonchev–Trinajstić information content (AvgIpc) is 2.61. The minimum atomic E-state index is -3.96. The summed E-state index contributed by atoms with van der Waals surface area (Å²) in [7, 11) is -3.96. The van der Waals surface area contributed by atoms with Crippen LogP contribution in [0.15, 0.2) is 67.1 Å². The average molecular weight is 340 g/mol. The third kappa shape index (κ3) is 4.36. The van der Waals surface area contributed by atoms with Crippen LogP contribution in [-0.4, -0.2) is 25.9 Å². The second-order valence-corrected chi connectivity index (χ2v) is 7.28. The lowest BCUT2D eigenvalue weighted by Crippen LogP contribution is -1.94. The van der Waals surface area contributed by atoms with E-state index in [1.54, 1.807) is 18.6 Å². The number of rotatable bonds is 5. The van der Waals surface area contributed by atoms with Crippen molar-refractivity contribution in [3.63, 3.8) is 0 Å². The molecule has 122 valence electrons. The van der Waals surface area contributed by atoms with E-state index in [9.17, 15) is 4.57 Å². The normalized spacial score (nSPS) is 11.4. The molecule has 0 bridgehead atoms. The molecule has 0 aliphatic heterocycles. The molecule has 3 aromatic rings. The Kier molecular flexibility index (Phi) is 4.86. The fourth-order valence-electron chi connectivity index (χ4n) is 2.43. The van der Waals surface area contributed by atoms with Gasteiger partial charge in [-0.05, 0) is 47.4 Å². The standard InChI is InChI=1S/C18H17N2O3P/c21-24(22,23)12-8-14-1-3-16(4-2-14)18-13-17(7-11-20-18)15-5-9-19-10-6-15/h1-7,9-11,13H,8,12H2,(H2,21,22,23). The molecule has 0 aliphatic carbocycles. The minimum Gasteiger partial charge on any atom is -0.324 e. The lowest BCUT2D eigenvalue weighted by molar-refractivity contribution is 0.373. The topological polar surface area (TPSA) is 83.3 Å². The molecular formula is C18H17N2O3P. The van der Waals surface area contributed by atoms with Gasteiger partial charge in [-0.15, -0.1) is 0 Å². The predicted molar refractivity (Wildman–Crippen MR) is 93.5 cm³/mol. The van der Waals surface area contributed by atoms with E-state index in [4.69, 9.17) is 9.79 Å². The van der Waals surface area contributed by atoms with Crippen molar-refractivity contribution in [3.05, 3.63) is 72.7 Å². The third-order valence-electron chi connectivity index (χ3n) is 3.72. The fraction of sp³-hybridized carbons (Fsp3) is 0.111. The van der Waals surface area contributed by atoms with Crippen molar-refractivity contribution < 1.29 is 14.4 Å². The highest BCUT2D eigenvalue weighted by atomic mass is 31.2. The maximum atomic E-state index is 10.9. The minimum absolute atomic E-state index is 0.137. The Balaban J connectivity index is 1.81. The molecule has 1 aromatic carbocycles. The molecule has 0 unspecified atom stereocenters. The van der Waals surface area contributed by atoms with Crippen LogP contribution in [0, 0.1) is 0 Å². The maximum absolute atomic E-state index is 10.9. The molecule has 0 aliphatic rings. The second-order valence-electron chi connectivity index (χ2n) is 5.50. The van der Waals surface area contributed by atoms with Crippen molar-refractivity contribution in [2.45, 2.75) is 6.42 Å². The van der Waals surface area contributed by atoms with E-state index in [2.05, 4.69) is 9.97 Å². The number of benzene rings is 1. The van der Waals surface area contributed by atoms with Crippen LogP contribution in [0.1, 0.15) is 5.56 Å². The van der Waals surface area contributed by atoms with Gasteiger partial charge in [0.1, 0.15) is 0 Å². The first-order valence-electron chi connectivity index (χ1n) is 7.52. The first-order valence-corrected chi connectivity index (χ1v) is 9.31. The molecular weight excluding hydrogens is 323 g/mol. The van der Waals surface area contributed by atoms with Crippen LogP contribution in [0.25, 0.3) is 22.4 Å². The first kappa shape index (κ1) is 16.5. The Morgan fingerprint density at radius 3 is 2.17 bits per heavy atom. The summed E-state index contributed by atoms with van der Waals surface area (Å²) in [5, 5.41) is 0. The first-order chi connectivity index (χ1) is 11.5. The highest BCUT2D eigenvalue weighted by Gasteiger charge is 2.12. The van der Waals surface area contributed by atoms with E-state index in [-0.39, 0.29) is 6.16 Å². The molecule has 0 fully saturated rings. The summed E-state index contributed by atoms with van der Waals surface area (Å²) >= 11 is 0. The van der Waals surface area contributed by atoms with Gasteiger partial charge in [0.15, 0.2) is 0 Å². The van der Waals surface area contributed by atoms with Crippen molar-refractivity contribution in [1.29, 1.82) is 0 Å². The van der Waals surface area contributed by atoms with Gasteiger partial charge in [-0.25, -0.2) is 0 Å². The Morgan fingerprint density at radius 2 is 1.50 bits per heavy atom. The molecule has 0 spiro atoms. The van der Waals surface area contributed by atoms with Crippen LogP contribution >= 0.6 is 7.60 Å². The van der Waals surface area contributed by atoms with Gasteiger partial charge >= 0.3 is 7.60 Å². The van der Waals surface area contributed by atoms with Crippen molar-refractivity contribution in [2.75, 3.05) is 6.16 Å². The summed E-state index contributed by atoms with van der Waals surface area (Å²) in [5.41, 5.74) is 4.85. The Morgan fingerprint density at radius 1 is 0.833 bits per heavy atom. The summed E-state index contributed by atoms with van der Waals surface area (Å²) in [6, 6.07) is 15.5. The summed E-state index contributed by atoms with van der Waals surface area (Å²) in [4.78, 5) is 26.3. The molecule has 3 rings (SSSR count). The van der Waals surface area contributed by atoms with Crippen molar-refractivity contribution in [3.8, 4) is 22.4 Å². The van der Waals surface area contributed by atoms with Crippen LogP contribution in [0.3, 0.4) is 0 Å². The number of aryl methyl sites for hydroxylation is 1. The smallest absolute Gasteiger partial charge is 0.324 e. The van der Waals surface area contributed by atoms with Crippen LogP contribution in [-0.2, 0) is 11.0 Å². The molecule has 0 radical (unpaired) electrons. The van der Waals surface area contributed by atoms with Gasteiger partial charge in [-0.1, -0.05) is 24.3 Å². The van der Waals surface area contributed by atoms with Gasteiger partial charge in [0.25, 0.3) is 0 Å². The summed E-state index contributed by atoms with van der Waals surface area (Å²) in [6.45, 7) is 0. The number of aromatic nitrogens is 2. The molecule has 5 nitrogen and oxygen atoms in total. The summed E-state index contributed by atoms with van der Waals surface area (Å²) in [5.74, 6) is 0. The fourth-order valence-corrected chi connectivity index (χ4v) is 2.98. The molecule has 0 atom stereocenters. The Labute approximate surface area is 140 Å². The summed E-state index contributed by atoms with van der Waals surface area (Å²) < 4.78 is 10.9. The maximum Gasteiger partial charge on any atom is 0.325 e. The third-order valence-corrected chi connectivity index (χ3v) is 4.52. The van der Waals surface area contributed by atoms with E-state index < -0.39 is 7.60 Å². The van der Waals surface area contributed by atoms with Gasteiger partial charge in [-0.3, -0.25) is 14.5 Å². The van der Waals surface area contributed by atoms with E-state index >= 15 is 0 Å². The van der Waals surface area contributed by atoms with Crippen molar-refractivity contribution >= 4 is 7.60 Å². The van der Waals surface area contributed by atoms with E-state index in [0.717, 1.165) is 27.9 Å².